The maximum atomic E-state index is 11.5. The lowest BCUT2D eigenvalue weighted by Crippen LogP contribution is -2.40. The highest BCUT2D eigenvalue weighted by Gasteiger charge is 2.03. The molecular weight excluding hydrogens is 399 g/mol. The number of aliphatic imine (C=N–C) groups is 1. The topological polar surface area (TPSA) is 84.0 Å². The van der Waals surface area contributed by atoms with Crippen LogP contribution in [-0.4, -0.2) is 65.0 Å². The first-order valence-corrected chi connectivity index (χ1v) is 7.40. The molecule has 0 bridgehead atoms. The lowest BCUT2D eigenvalue weighted by atomic mass is 10.3. The first-order chi connectivity index (χ1) is 10.1. The normalized spacial score (nSPS) is 11.0. The monoisotopic (exact) mass is 430 g/mol. The molecule has 0 saturated heterocycles. The molecule has 0 aromatic rings. The molecule has 7 nitrogen and oxygen atoms in total. The van der Waals surface area contributed by atoms with Gasteiger partial charge in [-0.05, 0) is 20.3 Å². The third kappa shape index (κ3) is 15.8. The number of hydrogen-bond donors (Lipinski definition) is 3. The number of carbonyl (C=O) groups excluding carboxylic acids is 1. The van der Waals surface area contributed by atoms with Crippen molar-refractivity contribution in [3.8, 4) is 0 Å². The Hall–Kier alpha value is -0.610. The predicted octanol–water partition coefficient (Wildman–Crippen LogP) is 0.737. The van der Waals surface area contributed by atoms with E-state index in [1.165, 1.54) is 0 Å². The highest BCUT2D eigenvalue weighted by molar-refractivity contribution is 14.0. The minimum atomic E-state index is 0. The maximum Gasteiger partial charge on any atom is 0.221 e. The van der Waals surface area contributed by atoms with Gasteiger partial charge in [-0.25, -0.2) is 0 Å². The van der Waals surface area contributed by atoms with Gasteiger partial charge < -0.3 is 25.4 Å². The molecule has 0 fully saturated rings. The summed E-state index contributed by atoms with van der Waals surface area (Å²) in [7, 11) is 3.36. The van der Waals surface area contributed by atoms with Crippen LogP contribution in [0.4, 0.5) is 0 Å². The quantitative estimate of drug-likeness (QED) is 0.195. The number of carbonyl (C=O) groups is 1. The fourth-order valence-electron chi connectivity index (χ4n) is 1.53. The smallest absolute Gasteiger partial charge is 0.221 e. The van der Waals surface area contributed by atoms with E-state index in [1.54, 1.807) is 14.2 Å². The third-order valence-corrected chi connectivity index (χ3v) is 2.51. The van der Waals surface area contributed by atoms with Crippen LogP contribution < -0.4 is 16.0 Å². The summed E-state index contributed by atoms with van der Waals surface area (Å²) in [5.74, 6) is 0.740. The van der Waals surface area contributed by atoms with Crippen molar-refractivity contribution in [2.24, 2.45) is 4.99 Å². The van der Waals surface area contributed by atoms with E-state index in [0.29, 0.717) is 38.7 Å². The summed E-state index contributed by atoms with van der Waals surface area (Å²) in [6, 6.07) is 0.174. The standard InChI is InChI=1S/C14H30N4O3.HI/c1-12(2)18-13(19)6-8-17-14(15-3)16-7-5-9-21-11-10-20-4;/h12H,5-11H2,1-4H3,(H,18,19)(H2,15,16,17);1H. The fourth-order valence-corrected chi connectivity index (χ4v) is 1.53. The largest absolute Gasteiger partial charge is 0.382 e. The average molecular weight is 430 g/mol. The van der Waals surface area contributed by atoms with Crippen molar-refractivity contribution in [1.82, 2.24) is 16.0 Å². The van der Waals surface area contributed by atoms with E-state index in [9.17, 15) is 4.79 Å². The van der Waals surface area contributed by atoms with Crippen molar-refractivity contribution < 1.29 is 14.3 Å². The molecule has 3 N–H and O–H groups in total. The SMILES string of the molecule is CN=C(NCCCOCCOC)NCCC(=O)NC(C)C.I. The minimum Gasteiger partial charge on any atom is -0.382 e. The van der Waals surface area contributed by atoms with Gasteiger partial charge in [0.1, 0.15) is 0 Å². The highest BCUT2D eigenvalue weighted by atomic mass is 127. The molecule has 0 rings (SSSR count). The molecule has 22 heavy (non-hydrogen) atoms. The number of methoxy groups -OCH3 is 1. The molecule has 0 radical (unpaired) electrons. The van der Waals surface area contributed by atoms with Crippen LogP contribution >= 0.6 is 24.0 Å². The van der Waals surface area contributed by atoms with Crippen LogP contribution in [0.15, 0.2) is 4.99 Å². The molecule has 0 heterocycles. The van der Waals surface area contributed by atoms with Gasteiger partial charge in [-0.2, -0.15) is 0 Å². The van der Waals surface area contributed by atoms with Crippen molar-refractivity contribution in [3.63, 3.8) is 0 Å². The Kier molecular flexibility index (Phi) is 18.0. The molecule has 8 heteroatoms. The summed E-state index contributed by atoms with van der Waals surface area (Å²) in [5, 5.41) is 9.12. The highest BCUT2D eigenvalue weighted by Crippen LogP contribution is 1.84. The van der Waals surface area contributed by atoms with Crippen LogP contribution in [0.5, 0.6) is 0 Å². The maximum absolute atomic E-state index is 11.5. The Morgan fingerprint density at radius 1 is 1.14 bits per heavy atom. The fraction of sp³-hybridized carbons (Fsp3) is 0.857. The Morgan fingerprint density at radius 3 is 2.41 bits per heavy atom. The second kappa shape index (κ2) is 16.8. The summed E-state index contributed by atoms with van der Waals surface area (Å²) in [4.78, 5) is 15.6. The molecule has 0 aliphatic heterocycles. The number of nitrogens with one attached hydrogen (secondary N) is 3. The van der Waals surface area contributed by atoms with Crippen molar-refractivity contribution in [2.45, 2.75) is 32.7 Å². The van der Waals surface area contributed by atoms with Crippen molar-refractivity contribution in [3.05, 3.63) is 0 Å². The number of ether oxygens (including phenoxy) is 2. The van der Waals surface area contributed by atoms with E-state index in [0.717, 1.165) is 13.0 Å². The molecule has 0 aromatic carbocycles. The van der Waals surface area contributed by atoms with E-state index in [-0.39, 0.29) is 35.9 Å². The predicted molar refractivity (Wildman–Crippen MR) is 100.0 cm³/mol. The zero-order valence-electron chi connectivity index (χ0n) is 14.1. The summed E-state index contributed by atoms with van der Waals surface area (Å²) in [5.41, 5.74) is 0. The van der Waals surface area contributed by atoms with Crippen LogP contribution in [0.2, 0.25) is 0 Å². The van der Waals surface area contributed by atoms with Crippen LogP contribution in [0, 0.1) is 0 Å². The van der Waals surface area contributed by atoms with Crippen LogP contribution in [0.3, 0.4) is 0 Å². The molecule has 0 aliphatic rings. The zero-order valence-corrected chi connectivity index (χ0v) is 16.4. The van der Waals surface area contributed by atoms with Gasteiger partial charge in [-0.1, -0.05) is 0 Å². The second-order valence-electron chi connectivity index (χ2n) is 4.86. The van der Waals surface area contributed by atoms with Crippen molar-refractivity contribution in [1.29, 1.82) is 0 Å². The number of rotatable bonds is 11. The minimum absolute atomic E-state index is 0. The van der Waals surface area contributed by atoms with E-state index in [2.05, 4.69) is 20.9 Å². The van der Waals surface area contributed by atoms with Crippen LogP contribution in [0.1, 0.15) is 26.7 Å². The Morgan fingerprint density at radius 2 is 1.82 bits per heavy atom. The van der Waals surface area contributed by atoms with E-state index >= 15 is 0 Å². The van der Waals surface area contributed by atoms with Gasteiger partial charge in [0, 0.05) is 46.3 Å². The molecule has 0 aliphatic carbocycles. The number of halogens is 1. The second-order valence-corrected chi connectivity index (χ2v) is 4.86. The molecular formula is C14H31IN4O3. The van der Waals surface area contributed by atoms with Crippen molar-refractivity contribution >= 4 is 35.8 Å². The van der Waals surface area contributed by atoms with Gasteiger partial charge in [-0.15, -0.1) is 24.0 Å². The number of nitrogens with zero attached hydrogens (tertiary/aromatic N) is 1. The molecule has 0 saturated carbocycles. The number of amides is 1. The number of hydrogen-bond acceptors (Lipinski definition) is 4. The molecule has 1 amide bonds. The van der Waals surface area contributed by atoms with Gasteiger partial charge in [0.15, 0.2) is 5.96 Å². The lowest BCUT2D eigenvalue weighted by Gasteiger charge is -2.12. The molecule has 132 valence electrons. The summed E-state index contributed by atoms with van der Waals surface area (Å²) in [6.45, 7) is 7.14. The van der Waals surface area contributed by atoms with Gasteiger partial charge in [0.25, 0.3) is 0 Å². The van der Waals surface area contributed by atoms with Gasteiger partial charge in [-0.3, -0.25) is 9.79 Å². The van der Waals surface area contributed by atoms with E-state index in [1.807, 2.05) is 13.8 Å². The van der Waals surface area contributed by atoms with Gasteiger partial charge in [0.2, 0.25) is 5.91 Å². The lowest BCUT2D eigenvalue weighted by molar-refractivity contribution is -0.121. The average Bonchev–Trinajstić information content (AvgIpc) is 2.43. The molecule has 0 spiro atoms. The third-order valence-electron chi connectivity index (χ3n) is 2.51. The first kappa shape index (κ1) is 23.7. The summed E-state index contributed by atoms with van der Waals surface area (Å²) < 4.78 is 10.2. The first-order valence-electron chi connectivity index (χ1n) is 7.40. The summed E-state index contributed by atoms with van der Waals surface area (Å²) >= 11 is 0. The van der Waals surface area contributed by atoms with Gasteiger partial charge >= 0.3 is 0 Å². The number of guanidine groups is 1. The Labute approximate surface area is 151 Å². The van der Waals surface area contributed by atoms with E-state index in [4.69, 9.17) is 9.47 Å². The van der Waals surface area contributed by atoms with Crippen LogP contribution in [0.25, 0.3) is 0 Å². The van der Waals surface area contributed by atoms with Gasteiger partial charge in [0.05, 0.1) is 13.2 Å². The van der Waals surface area contributed by atoms with Crippen molar-refractivity contribution in [2.75, 3.05) is 47.1 Å². The van der Waals surface area contributed by atoms with Crippen LogP contribution in [-0.2, 0) is 14.3 Å². The Balaban J connectivity index is 0. The van der Waals surface area contributed by atoms with E-state index < -0.39 is 0 Å². The molecule has 0 unspecified atom stereocenters. The Bertz CT molecular complexity index is 302. The molecule has 0 aromatic heterocycles. The zero-order chi connectivity index (χ0) is 15.9. The summed E-state index contributed by atoms with van der Waals surface area (Å²) in [6.07, 6.45) is 1.32. The molecule has 0 atom stereocenters.